The summed E-state index contributed by atoms with van der Waals surface area (Å²) in [6, 6.07) is 4.99. The van der Waals surface area contributed by atoms with Crippen LogP contribution in [0.1, 0.15) is 24.8 Å². The summed E-state index contributed by atoms with van der Waals surface area (Å²) in [7, 11) is 0. The first kappa shape index (κ1) is 13.8. The molecule has 0 bridgehead atoms. The normalized spacial score (nSPS) is 16.3. The van der Waals surface area contributed by atoms with Crippen LogP contribution in [0.15, 0.2) is 18.2 Å². The number of hydrogen-bond donors (Lipinski definition) is 1. The molecule has 5 heteroatoms. The Balaban J connectivity index is 1.91. The molecule has 5 nitrogen and oxygen atoms in total. The number of piperidine rings is 1. The molecule has 1 heterocycles. The van der Waals surface area contributed by atoms with Crippen molar-refractivity contribution in [1.29, 1.82) is 0 Å². The van der Waals surface area contributed by atoms with Crippen LogP contribution in [0.3, 0.4) is 0 Å². The lowest BCUT2D eigenvalue weighted by molar-refractivity contribution is -0.904. The van der Waals surface area contributed by atoms with Crippen molar-refractivity contribution in [2.75, 3.05) is 26.2 Å². The third-order valence-corrected chi connectivity index (χ3v) is 3.59. The van der Waals surface area contributed by atoms with Gasteiger partial charge in [-0.25, -0.2) is 0 Å². The average Bonchev–Trinajstić information content (AvgIpc) is 2.39. The van der Waals surface area contributed by atoms with Gasteiger partial charge < -0.3 is 9.64 Å². The van der Waals surface area contributed by atoms with Crippen LogP contribution in [0, 0.1) is 17.0 Å². The van der Waals surface area contributed by atoms with E-state index in [9.17, 15) is 10.1 Å². The first-order chi connectivity index (χ1) is 9.16. The number of likely N-dealkylation sites (tertiary alicyclic amines) is 1. The summed E-state index contributed by atoms with van der Waals surface area (Å²) in [6.45, 7) is 5.76. The lowest BCUT2D eigenvalue weighted by atomic mass is 10.1. The molecule has 1 aromatic carbocycles. The van der Waals surface area contributed by atoms with Gasteiger partial charge >= 0.3 is 5.69 Å². The van der Waals surface area contributed by atoms with Crippen LogP contribution in [0.4, 0.5) is 5.69 Å². The van der Waals surface area contributed by atoms with Gasteiger partial charge in [0.25, 0.3) is 0 Å². The van der Waals surface area contributed by atoms with Crippen molar-refractivity contribution in [2.24, 2.45) is 0 Å². The zero-order chi connectivity index (χ0) is 13.7. The summed E-state index contributed by atoms with van der Waals surface area (Å²) in [4.78, 5) is 12.1. The molecule has 0 radical (unpaired) electrons. The second-order valence-electron chi connectivity index (χ2n) is 5.14. The van der Waals surface area contributed by atoms with Crippen molar-refractivity contribution < 1.29 is 14.6 Å². The Bertz CT molecular complexity index is 442. The highest BCUT2D eigenvalue weighted by Crippen LogP contribution is 2.27. The van der Waals surface area contributed by atoms with Crippen molar-refractivity contribution in [2.45, 2.75) is 26.2 Å². The number of nitrogens with one attached hydrogen (secondary N) is 1. The molecule has 0 aromatic heterocycles. The number of nitro groups is 1. The van der Waals surface area contributed by atoms with Crippen molar-refractivity contribution in [3.8, 4) is 5.75 Å². The standard InChI is InChI=1S/C14H20N2O3/c1-12-5-6-13(16(17)18)14(11-12)19-10-9-15-7-3-2-4-8-15/h5-6,11H,2-4,7-10H2,1H3/p+1. The Morgan fingerprint density at radius 2 is 2.05 bits per heavy atom. The molecule has 1 fully saturated rings. The van der Waals surface area contributed by atoms with Crippen molar-refractivity contribution in [3.05, 3.63) is 33.9 Å². The van der Waals surface area contributed by atoms with Gasteiger partial charge in [0.15, 0.2) is 5.75 Å². The van der Waals surface area contributed by atoms with Gasteiger partial charge in [-0.3, -0.25) is 10.1 Å². The molecule has 2 rings (SSSR count). The number of hydrogen-bond acceptors (Lipinski definition) is 3. The van der Waals surface area contributed by atoms with Gasteiger partial charge in [0.1, 0.15) is 13.2 Å². The third-order valence-electron chi connectivity index (χ3n) is 3.59. The predicted octanol–water partition coefficient (Wildman–Crippen LogP) is 1.35. The maximum atomic E-state index is 10.9. The molecule has 1 aliphatic heterocycles. The van der Waals surface area contributed by atoms with Gasteiger partial charge in [-0.05, 0) is 37.8 Å². The van der Waals surface area contributed by atoms with Crippen molar-refractivity contribution >= 4 is 5.69 Å². The minimum Gasteiger partial charge on any atom is -0.481 e. The lowest BCUT2D eigenvalue weighted by Gasteiger charge is -2.23. The summed E-state index contributed by atoms with van der Waals surface area (Å²) < 4.78 is 5.62. The number of nitrogens with zero attached hydrogens (tertiary/aromatic N) is 1. The number of benzene rings is 1. The Kier molecular flexibility index (Phi) is 4.74. The topological polar surface area (TPSA) is 56.8 Å². The number of nitro benzene ring substituents is 1. The molecule has 1 N–H and O–H groups in total. The van der Waals surface area contributed by atoms with E-state index in [2.05, 4.69) is 0 Å². The minimum absolute atomic E-state index is 0.0549. The molecule has 1 saturated heterocycles. The predicted molar refractivity (Wildman–Crippen MR) is 72.7 cm³/mol. The van der Waals surface area contributed by atoms with Gasteiger partial charge in [-0.1, -0.05) is 6.07 Å². The van der Waals surface area contributed by atoms with E-state index in [0.29, 0.717) is 12.4 Å². The molecule has 0 aliphatic carbocycles. The average molecular weight is 265 g/mol. The third kappa shape index (κ3) is 3.92. The minimum atomic E-state index is -0.386. The molecule has 0 amide bonds. The monoisotopic (exact) mass is 265 g/mol. The summed E-state index contributed by atoms with van der Waals surface area (Å²) in [5, 5.41) is 10.9. The lowest BCUT2D eigenvalue weighted by Crippen LogP contribution is -3.13. The number of quaternary nitrogens is 1. The van der Waals surface area contributed by atoms with Gasteiger partial charge in [-0.15, -0.1) is 0 Å². The van der Waals surface area contributed by atoms with Crippen LogP contribution in [-0.2, 0) is 0 Å². The first-order valence-electron chi connectivity index (χ1n) is 6.88. The van der Waals surface area contributed by atoms with Gasteiger partial charge in [-0.2, -0.15) is 0 Å². The zero-order valence-electron chi connectivity index (χ0n) is 11.4. The summed E-state index contributed by atoms with van der Waals surface area (Å²) in [5.41, 5.74) is 1.03. The quantitative estimate of drug-likeness (QED) is 0.646. The van der Waals surface area contributed by atoms with Crippen molar-refractivity contribution in [1.82, 2.24) is 0 Å². The highest BCUT2D eigenvalue weighted by Gasteiger charge is 2.17. The fraction of sp³-hybridized carbons (Fsp3) is 0.571. The summed E-state index contributed by atoms with van der Waals surface area (Å²) >= 11 is 0. The molecule has 104 valence electrons. The first-order valence-corrected chi connectivity index (χ1v) is 6.88. The molecule has 19 heavy (non-hydrogen) atoms. The van der Waals surface area contributed by atoms with Gasteiger partial charge in [0, 0.05) is 6.07 Å². The molecule has 0 spiro atoms. The van der Waals surface area contributed by atoms with E-state index in [1.807, 2.05) is 6.92 Å². The smallest absolute Gasteiger partial charge is 0.310 e. The second kappa shape index (κ2) is 6.52. The van der Waals surface area contributed by atoms with Crippen LogP contribution in [0.25, 0.3) is 0 Å². The van der Waals surface area contributed by atoms with Crippen LogP contribution < -0.4 is 9.64 Å². The maximum absolute atomic E-state index is 10.9. The maximum Gasteiger partial charge on any atom is 0.310 e. The molecule has 0 unspecified atom stereocenters. The molecule has 0 saturated carbocycles. The highest BCUT2D eigenvalue weighted by molar-refractivity contribution is 5.48. The van der Waals surface area contributed by atoms with Crippen LogP contribution in [0.5, 0.6) is 5.75 Å². The van der Waals surface area contributed by atoms with E-state index in [1.165, 1.54) is 38.4 Å². The van der Waals surface area contributed by atoms with E-state index >= 15 is 0 Å². The largest absolute Gasteiger partial charge is 0.481 e. The molecular formula is C14H21N2O3+. The summed E-state index contributed by atoms with van der Waals surface area (Å²) in [5.74, 6) is 0.390. The van der Waals surface area contributed by atoms with Crippen LogP contribution in [-0.4, -0.2) is 31.2 Å². The van der Waals surface area contributed by atoms with Gasteiger partial charge in [0.2, 0.25) is 0 Å². The Morgan fingerprint density at radius 1 is 1.32 bits per heavy atom. The number of ether oxygens (including phenoxy) is 1. The van der Waals surface area contributed by atoms with Crippen LogP contribution >= 0.6 is 0 Å². The molecule has 1 aromatic rings. The van der Waals surface area contributed by atoms with E-state index in [-0.39, 0.29) is 10.6 Å². The Labute approximate surface area is 113 Å². The molecule has 0 atom stereocenters. The molecular weight excluding hydrogens is 244 g/mol. The number of rotatable bonds is 5. The fourth-order valence-corrected chi connectivity index (χ4v) is 2.49. The SMILES string of the molecule is Cc1ccc([N+](=O)[O-])c(OCC[NH+]2CCCCC2)c1. The summed E-state index contributed by atoms with van der Waals surface area (Å²) in [6.07, 6.45) is 3.88. The van der Waals surface area contributed by atoms with Crippen molar-refractivity contribution in [3.63, 3.8) is 0 Å². The van der Waals surface area contributed by atoms with E-state index in [0.717, 1.165) is 12.1 Å². The van der Waals surface area contributed by atoms with E-state index < -0.39 is 0 Å². The number of aryl methyl sites for hydroxylation is 1. The van der Waals surface area contributed by atoms with E-state index in [4.69, 9.17) is 4.74 Å². The van der Waals surface area contributed by atoms with E-state index in [1.54, 1.807) is 17.0 Å². The second-order valence-corrected chi connectivity index (χ2v) is 5.14. The molecule has 1 aliphatic rings. The Hall–Kier alpha value is -1.62. The van der Waals surface area contributed by atoms with Crippen LogP contribution in [0.2, 0.25) is 0 Å². The zero-order valence-corrected chi connectivity index (χ0v) is 11.4. The Morgan fingerprint density at radius 3 is 2.74 bits per heavy atom. The van der Waals surface area contributed by atoms with Gasteiger partial charge in [0.05, 0.1) is 18.0 Å². The fourth-order valence-electron chi connectivity index (χ4n) is 2.49. The highest BCUT2D eigenvalue weighted by atomic mass is 16.6.